The lowest BCUT2D eigenvalue weighted by Crippen LogP contribution is -2.50. The first-order valence-electron chi connectivity index (χ1n) is 12.1. The van der Waals surface area contributed by atoms with Crippen LogP contribution in [0.3, 0.4) is 0 Å². The average molecular weight is 453 g/mol. The minimum atomic E-state index is 0.0501. The molecule has 2 saturated heterocycles. The van der Waals surface area contributed by atoms with Gasteiger partial charge < -0.3 is 19.3 Å². The van der Waals surface area contributed by atoms with Crippen LogP contribution in [0.25, 0.3) is 0 Å². The van der Waals surface area contributed by atoms with Gasteiger partial charge in [-0.2, -0.15) is 0 Å². The van der Waals surface area contributed by atoms with E-state index in [9.17, 15) is 4.79 Å². The van der Waals surface area contributed by atoms with Gasteiger partial charge >= 0.3 is 0 Å². The largest absolute Gasteiger partial charge is 0.493 e. The molecule has 178 valence electrons. The highest BCUT2D eigenvalue weighted by Crippen LogP contribution is 2.30. The van der Waals surface area contributed by atoms with Crippen molar-refractivity contribution in [3.05, 3.63) is 48.2 Å². The Morgan fingerprint density at radius 1 is 1.09 bits per heavy atom. The lowest BCUT2D eigenvalue weighted by atomic mass is 9.96. The van der Waals surface area contributed by atoms with E-state index in [1.54, 1.807) is 13.2 Å². The summed E-state index contributed by atoms with van der Waals surface area (Å²) in [5, 5.41) is 0. The molecule has 0 N–H and O–H groups in total. The van der Waals surface area contributed by atoms with Crippen molar-refractivity contribution >= 4 is 11.7 Å². The number of aromatic nitrogens is 1. The highest BCUT2D eigenvalue weighted by molar-refractivity contribution is 5.95. The number of nitrogens with zero attached hydrogens (tertiary/aromatic N) is 4. The third kappa shape index (κ3) is 5.96. The Morgan fingerprint density at radius 2 is 1.91 bits per heavy atom. The van der Waals surface area contributed by atoms with E-state index < -0.39 is 0 Å². The summed E-state index contributed by atoms with van der Waals surface area (Å²) in [6, 6.07) is 11.6. The van der Waals surface area contributed by atoms with E-state index in [-0.39, 0.29) is 12.0 Å². The summed E-state index contributed by atoms with van der Waals surface area (Å²) in [6.07, 6.45) is 4.13. The van der Waals surface area contributed by atoms with Gasteiger partial charge in [0.1, 0.15) is 5.82 Å². The van der Waals surface area contributed by atoms with Crippen LogP contribution in [0.1, 0.15) is 37.0 Å². The van der Waals surface area contributed by atoms with Crippen molar-refractivity contribution in [2.24, 2.45) is 5.92 Å². The predicted molar refractivity (Wildman–Crippen MR) is 130 cm³/mol. The molecule has 1 aromatic heterocycles. The number of ether oxygens (including phenoxy) is 2. The van der Waals surface area contributed by atoms with E-state index in [1.165, 1.54) is 6.42 Å². The minimum absolute atomic E-state index is 0.0501. The first-order valence-corrected chi connectivity index (χ1v) is 12.1. The molecule has 7 heteroatoms. The SMILES string of the molecule is COc1cc(C(=O)N2CCCC(CN3CCN(c4ccccn4)CC3)C2)ccc1OC(C)C. The predicted octanol–water partition coefficient (Wildman–Crippen LogP) is 3.55. The van der Waals surface area contributed by atoms with Crippen LogP contribution in [0.4, 0.5) is 5.82 Å². The second-order valence-electron chi connectivity index (χ2n) is 9.27. The van der Waals surface area contributed by atoms with Crippen LogP contribution in [0.15, 0.2) is 42.6 Å². The Kier molecular flexibility index (Phi) is 7.70. The second-order valence-corrected chi connectivity index (χ2v) is 9.27. The molecule has 1 amide bonds. The summed E-state index contributed by atoms with van der Waals surface area (Å²) in [5.41, 5.74) is 0.660. The lowest BCUT2D eigenvalue weighted by molar-refractivity contribution is 0.0637. The summed E-state index contributed by atoms with van der Waals surface area (Å²) in [6.45, 7) is 10.7. The van der Waals surface area contributed by atoms with Crippen molar-refractivity contribution in [2.45, 2.75) is 32.8 Å². The number of carbonyl (C=O) groups is 1. The van der Waals surface area contributed by atoms with Crippen LogP contribution >= 0.6 is 0 Å². The normalized spacial score (nSPS) is 19.6. The third-order valence-corrected chi connectivity index (χ3v) is 6.44. The molecule has 0 radical (unpaired) electrons. The molecule has 2 fully saturated rings. The fourth-order valence-electron chi connectivity index (χ4n) is 4.80. The van der Waals surface area contributed by atoms with Gasteiger partial charge in [-0.15, -0.1) is 0 Å². The molecular weight excluding hydrogens is 416 g/mol. The van der Waals surface area contributed by atoms with Crippen molar-refractivity contribution in [1.82, 2.24) is 14.8 Å². The zero-order valence-electron chi connectivity index (χ0n) is 20.1. The second kappa shape index (κ2) is 10.9. The van der Waals surface area contributed by atoms with Crippen molar-refractivity contribution in [3.8, 4) is 11.5 Å². The highest BCUT2D eigenvalue weighted by Gasteiger charge is 2.28. The summed E-state index contributed by atoms with van der Waals surface area (Å²) in [7, 11) is 1.61. The van der Waals surface area contributed by atoms with Crippen LogP contribution in [0.2, 0.25) is 0 Å². The molecule has 0 aliphatic carbocycles. The Bertz CT molecular complexity index is 913. The molecule has 0 spiro atoms. The molecule has 33 heavy (non-hydrogen) atoms. The van der Waals surface area contributed by atoms with E-state index in [0.717, 1.165) is 58.1 Å². The number of methoxy groups -OCH3 is 1. The number of piperidine rings is 1. The van der Waals surface area contributed by atoms with E-state index in [4.69, 9.17) is 9.47 Å². The van der Waals surface area contributed by atoms with Crippen LogP contribution in [0, 0.1) is 5.92 Å². The molecule has 2 aliphatic rings. The Hall–Kier alpha value is -2.80. The molecular formula is C26H36N4O3. The smallest absolute Gasteiger partial charge is 0.254 e. The van der Waals surface area contributed by atoms with Crippen LogP contribution in [-0.4, -0.2) is 79.7 Å². The van der Waals surface area contributed by atoms with Gasteiger partial charge in [-0.25, -0.2) is 4.98 Å². The summed E-state index contributed by atoms with van der Waals surface area (Å²) in [5.74, 6) is 2.93. The summed E-state index contributed by atoms with van der Waals surface area (Å²) in [4.78, 5) is 24.6. The number of likely N-dealkylation sites (tertiary alicyclic amines) is 1. The van der Waals surface area contributed by atoms with E-state index in [2.05, 4.69) is 20.9 Å². The van der Waals surface area contributed by atoms with Crippen molar-refractivity contribution < 1.29 is 14.3 Å². The first-order chi connectivity index (χ1) is 16.0. The zero-order chi connectivity index (χ0) is 23.2. The molecule has 2 aromatic rings. The fourth-order valence-corrected chi connectivity index (χ4v) is 4.80. The molecule has 4 rings (SSSR count). The maximum absolute atomic E-state index is 13.2. The summed E-state index contributed by atoms with van der Waals surface area (Å²) >= 11 is 0. The number of anilines is 1. The Morgan fingerprint density at radius 3 is 2.61 bits per heavy atom. The third-order valence-electron chi connectivity index (χ3n) is 6.44. The van der Waals surface area contributed by atoms with Gasteiger partial charge in [-0.1, -0.05) is 6.07 Å². The molecule has 1 unspecified atom stereocenters. The van der Waals surface area contributed by atoms with Gasteiger partial charge in [0, 0.05) is 57.6 Å². The van der Waals surface area contributed by atoms with E-state index >= 15 is 0 Å². The average Bonchev–Trinajstić information content (AvgIpc) is 2.85. The number of hydrogen-bond acceptors (Lipinski definition) is 6. The molecule has 2 aliphatic heterocycles. The monoisotopic (exact) mass is 452 g/mol. The zero-order valence-corrected chi connectivity index (χ0v) is 20.1. The number of piperazine rings is 1. The Balaban J connectivity index is 1.32. The maximum atomic E-state index is 13.2. The fraction of sp³-hybridized carbons (Fsp3) is 0.538. The number of benzene rings is 1. The Labute approximate surface area is 197 Å². The molecule has 3 heterocycles. The first kappa shape index (κ1) is 23.4. The number of pyridine rings is 1. The number of rotatable bonds is 7. The molecule has 7 nitrogen and oxygen atoms in total. The van der Waals surface area contributed by atoms with Crippen LogP contribution < -0.4 is 14.4 Å². The van der Waals surface area contributed by atoms with Gasteiger partial charge in [-0.05, 0) is 62.9 Å². The highest BCUT2D eigenvalue weighted by atomic mass is 16.5. The van der Waals surface area contributed by atoms with E-state index in [1.807, 2.05) is 49.2 Å². The minimum Gasteiger partial charge on any atom is -0.493 e. The van der Waals surface area contributed by atoms with Crippen LogP contribution in [-0.2, 0) is 0 Å². The number of hydrogen-bond donors (Lipinski definition) is 0. The van der Waals surface area contributed by atoms with Gasteiger partial charge in [0.25, 0.3) is 5.91 Å². The van der Waals surface area contributed by atoms with Crippen molar-refractivity contribution in [3.63, 3.8) is 0 Å². The van der Waals surface area contributed by atoms with Crippen molar-refractivity contribution in [2.75, 3.05) is 57.8 Å². The molecule has 0 bridgehead atoms. The van der Waals surface area contributed by atoms with E-state index in [0.29, 0.717) is 23.0 Å². The number of amides is 1. The topological polar surface area (TPSA) is 58.1 Å². The van der Waals surface area contributed by atoms with Gasteiger partial charge in [0.05, 0.1) is 13.2 Å². The molecule has 1 atom stereocenters. The van der Waals surface area contributed by atoms with Crippen molar-refractivity contribution in [1.29, 1.82) is 0 Å². The van der Waals surface area contributed by atoms with Gasteiger partial charge in [0.2, 0.25) is 0 Å². The van der Waals surface area contributed by atoms with Gasteiger partial charge in [-0.3, -0.25) is 9.69 Å². The maximum Gasteiger partial charge on any atom is 0.254 e. The standard InChI is InChI=1S/C26H36N4O3/c1-20(2)33-23-10-9-22(17-24(23)32-3)26(31)30-12-6-7-21(19-30)18-28-13-15-29(16-14-28)25-8-4-5-11-27-25/h4-5,8-11,17,20-21H,6-7,12-16,18-19H2,1-3H3. The van der Waals surface area contributed by atoms with Gasteiger partial charge in [0.15, 0.2) is 11.5 Å². The summed E-state index contributed by atoms with van der Waals surface area (Å²) < 4.78 is 11.3. The van der Waals surface area contributed by atoms with Crippen LogP contribution in [0.5, 0.6) is 11.5 Å². The molecule has 1 aromatic carbocycles. The molecule has 0 saturated carbocycles. The number of carbonyl (C=O) groups excluding carboxylic acids is 1. The lowest BCUT2D eigenvalue weighted by Gasteiger charge is -2.39. The quantitative estimate of drug-likeness (QED) is 0.640.